The fraction of sp³-hybridized carbons (Fsp3) is 0.0800. The van der Waals surface area contributed by atoms with Crippen molar-refractivity contribution in [3.05, 3.63) is 90.1 Å². The molecule has 0 saturated heterocycles. The summed E-state index contributed by atoms with van der Waals surface area (Å²) in [5.74, 6) is 0. The number of hydrogen-bond acceptors (Lipinski definition) is 2. The molecule has 0 N–H and O–H groups in total. The van der Waals surface area contributed by atoms with Crippen LogP contribution in [0.4, 0.5) is 0 Å². The maximum atomic E-state index is 8.13. The van der Waals surface area contributed by atoms with Crippen molar-refractivity contribution in [3.8, 4) is 22.4 Å². The molecule has 0 bridgehead atoms. The molecule has 2 aromatic heterocycles. The lowest BCUT2D eigenvalue weighted by molar-refractivity contribution is 1.29. The monoisotopic (exact) mass is 371 g/mol. The lowest BCUT2D eigenvalue weighted by Gasteiger charge is -2.06. The Morgan fingerprint density at radius 3 is 2.59 bits per heavy atom. The second-order valence-corrected chi connectivity index (χ2v) is 7.53. The number of thiophene rings is 1. The summed E-state index contributed by atoms with van der Waals surface area (Å²) in [6.07, 6.45) is 1.52. The van der Waals surface area contributed by atoms with Gasteiger partial charge in [0.15, 0.2) is 0 Å². The number of aromatic nitrogens is 1. The maximum absolute atomic E-state index is 8.13. The molecule has 0 atom stereocenters. The molecule has 2 heteroatoms. The van der Waals surface area contributed by atoms with Gasteiger partial charge in [-0.1, -0.05) is 48.5 Å². The number of fused-ring (bicyclic) bond motifs is 3. The summed E-state index contributed by atoms with van der Waals surface area (Å²) in [6.45, 7) is -4.48. The third-order valence-corrected chi connectivity index (χ3v) is 5.96. The Kier molecular flexibility index (Phi) is 2.58. The average Bonchev–Trinajstić information content (AvgIpc) is 3.15. The molecule has 0 aliphatic rings. The first-order valence-electron chi connectivity index (χ1n) is 11.6. The quantitative estimate of drug-likeness (QED) is 0.315. The standard InChI is InChI=1S/C25H19NS/c1-16-11-12-26-23(13-16)20-10-6-9-19-22-14-17(2)21(15-24(22)27-25(19)20)18-7-4-3-5-8-18/h3-15H,1-2H3/i1D3,2D3. The zero-order chi connectivity index (χ0) is 23.4. The summed E-state index contributed by atoms with van der Waals surface area (Å²) >= 11 is 1.56. The molecule has 0 unspecified atom stereocenters. The van der Waals surface area contributed by atoms with Crippen LogP contribution in [0.25, 0.3) is 42.6 Å². The number of hydrogen-bond donors (Lipinski definition) is 0. The van der Waals surface area contributed by atoms with Crippen LogP contribution >= 0.6 is 11.3 Å². The normalized spacial score (nSPS) is 15.6. The molecule has 3 aromatic carbocycles. The van der Waals surface area contributed by atoms with Crippen molar-refractivity contribution in [2.24, 2.45) is 0 Å². The van der Waals surface area contributed by atoms with Crippen LogP contribution in [0.5, 0.6) is 0 Å². The van der Waals surface area contributed by atoms with Gasteiger partial charge in [-0.2, -0.15) is 0 Å². The van der Waals surface area contributed by atoms with Crippen LogP contribution in [-0.2, 0) is 0 Å². The molecule has 1 nitrogen and oxygen atoms in total. The van der Waals surface area contributed by atoms with Crippen LogP contribution < -0.4 is 0 Å². The zero-order valence-corrected chi connectivity index (χ0v) is 15.2. The summed E-state index contributed by atoms with van der Waals surface area (Å²) in [6, 6.07) is 22.2. The van der Waals surface area contributed by atoms with Crippen molar-refractivity contribution in [2.75, 3.05) is 0 Å². The van der Waals surface area contributed by atoms with Gasteiger partial charge in [-0.25, -0.2) is 0 Å². The Bertz CT molecular complexity index is 1480. The van der Waals surface area contributed by atoms with E-state index in [1.54, 1.807) is 23.5 Å². The molecule has 0 amide bonds. The highest BCUT2D eigenvalue weighted by Gasteiger charge is 2.13. The fourth-order valence-electron chi connectivity index (χ4n) is 3.48. The third-order valence-electron chi connectivity index (χ3n) is 4.76. The van der Waals surface area contributed by atoms with Gasteiger partial charge in [0.05, 0.1) is 5.69 Å². The Morgan fingerprint density at radius 2 is 1.74 bits per heavy atom. The molecule has 27 heavy (non-hydrogen) atoms. The van der Waals surface area contributed by atoms with Crippen LogP contribution in [0.2, 0.25) is 0 Å². The molecule has 0 saturated carbocycles. The predicted molar refractivity (Wildman–Crippen MR) is 117 cm³/mol. The van der Waals surface area contributed by atoms with Crippen LogP contribution in [0.1, 0.15) is 19.4 Å². The van der Waals surface area contributed by atoms with Crippen LogP contribution in [0, 0.1) is 13.7 Å². The highest BCUT2D eigenvalue weighted by atomic mass is 32.1. The summed E-state index contributed by atoms with van der Waals surface area (Å²) in [5, 5.41) is 1.80. The number of pyridine rings is 1. The first-order valence-corrected chi connectivity index (χ1v) is 9.47. The first-order chi connectivity index (χ1) is 15.6. The summed E-state index contributed by atoms with van der Waals surface area (Å²) in [7, 11) is 0. The van der Waals surface area contributed by atoms with Crippen molar-refractivity contribution in [3.63, 3.8) is 0 Å². The van der Waals surface area contributed by atoms with E-state index in [1.807, 2.05) is 54.6 Å². The summed E-state index contributed by atoms with van der Waals surface area (Å²) in [4.78, 5) is 4.43. The molecule has 5 aromatic rings. The van der Waals surface area contributed by atoms with E-state index in [2.05, 4.69) is 4.98 Å². The second-order valence-electron chi connectivity index (χ2n) is 6.47. The molecule has 0 spiro atoms. The van der Waals surface area contributed by atoms with Crippen molar-refractivity contribution in [1.82, 2.24) is 4.98 Å². The van der Waals surface area contributed by atoms with Gasteiger partial charge in [-0.15, -0.1) is 11.3 Å². The first kappa shape index (κ1) is 11.0. The van der Waals surface area contributed by atoms with Gasteiger partial charge >= 0.3 is 0 Å². The van der Waals surface area contributed by atoms with Gasteiger partial charge in [0.2, 0.25) is 0 Å². The zero-order valence-electron chi connectivity index (χ0n) is 20.4. The number of rotatable bonds is 2. The van der Waals surface area contributed by atoms with E-state index in [1.165, 1.54) is 12.3 Å². The van der Waals surface area contributed by atoms with E-state index in [-0.39, 0.29) is 5.56 Å². The lowest BCUT2D eigenvalue weighted by atomic mass is 9.98. The van der Waals surface area contributed by atoms with Crippen molar-refractivity contribution >= 4 is 31.5 Å². The topological polar surface area (TPSA) is 12.9 Å². The van der Waals surface area contributed by atoms with E-state index in [4.69, 9.17) is 8.22 Å². The molecule has 0 radical (unpaired) electrons. The van der Waals surface area contributed by atoms with Crippen LogP contribution in [0.3, 0.4) is 0 Å². The SMILES string of the molecule is [2H]C([2H])([2H])c1ccnc(-c2cccc3c2sc2cc(-c4ccccc4)c(C([2H])([2H])[2H])cc23)c1. The maximum Gasteiger partial charge on any atom is 0.0719 e. The van der Waals surface area contributed by atoms with Gasteiger partial charge in [-0.05, 0) is 60.2 Å². The van der Waals surface area contributed by atoms with Crippen LogP contribution in [-0.4, -0.2) is 4.98 Å². The van der Waals surface area contributed by atoms with Gasteiger partial charge in [0.25, 0.3) is 0 Å². The van der Waals surface area contributed by atoms with E-state index in [0.717, 1.165) is 31.3 Å². The Hall–Kier alpha value is -2.97. The number of nitrogens with zero attached hydrogens (tertiary/aromatic N) is 1. The molecule has 0 fully saturated rings. The summed E-state index contributed by atoms with van der Waals surface area (Å²) < 4.78 is 49.5. The highest BCUT2D eigenvalue weighted by molar-refractivity contribution is 7.26. The largest absolute Gasteiger partial charge is 0.256 e. The van der Waals surface area contributed by atoms with E-state index < -0.39 is 13.7 Å². The minimum absolute atomic E-state index is 0.238. The van der Waals surface area contributed by atoms with Gasteiger partial charge in [0, 0.05) is 40.2 Å². The molecule has 130 valence electrons. The minimum atomic E-state index is -2.26. The molecular formula is C25H19NS. The van der Waals surface area contributed by atoms with E-state index in [0.29, 0.717) is 16.8 Å². The number of aryl methyl sites for hydroxylation is 2. The molecule has 5 rings (SSSR count). The molecule has 2 heterocycles. The molecular weight excluding hydrogens is 346 g/mol. The van der Waals surface area contributed by atoms with Crippen LogP contribution in [0.15, 0.2) is 79.0 Å². The van der Waals surface area contributed by atoms with Crippen molar-refractivity contribution in [1.29, 1.82) is 0 Å². The van der Waals surface area contributed by atoms with Gasteiger partial charge in [-0.3, -0.25) is 4.98 Å². The Morgan fingerprint density at radius 1 is 0.815 bits per heavy atom. The smallest absolute Gasteiger partial charge is 0.0719 e. The Balaban J connectivity index is 1.79. The van der Waals surface area contributed by atoms with Crippen molar-refractivity contribution in [2.45, 2.75) is 13.7 Å². The summed E-state index contributed by atoms with van der Waals surface area (Å²) in [5.41, 5.74) is 3.51. The molecule has 0 aliphatic heterocycles. The molecule has 0 aliphatic carbocycles. The minimum Gasteiger partial charge on any atom is -0.256 e. The van der Waals surface area contributed by atoms with Gasteiger partial charge < -0.3 is 0 Å². The lowest BCUT2D eigenvalue weighted by Crippen LogP contribution is -1.84. The highest BCUT2D eigenvalue weighted by Crippen LogP contribution is 2.41. The predicted octanol–water partition coefficient (Wildman–Crippen LogP) is 7.40. The number of benzene rings is 3. The van der Waals surface area contributed by atoms with Gasteiger partial charge in [0.1, 0.15) is 0 Å². The van der Waals surface area contributed by atoms with Crippen molar-refractivity contribution < 1.29 is 8.22 Å². The van der Waals surface area contributed by atoms with E-state index >= 15 is 0 Å². The van der Waals surface area contributed by atoms with E-state index in [9.17, 15) is 0 Å². The Labute approximate surface area is 171 Å². The fourth-order valence-corrected chi connectivity index (χ4v) is 4.73. The second kappa shape index (κ2) is 6.33. The average molecular weight is 372 g/mol. The third kappa shape index (κ3) is 2.73.